The minimum absolute atomic E-state index is 0.273. The molecule has 0 radical (unpaired) electrons. The minimum atomic E-state index is 0.273. The van der Waals surface area contributed by atoms with Crippen LogP contribution in [-0.2, 0) is 0 Å². The molecule has 0 spiro atoms. The lowest BCUT2D eigenvalue weighted by Crippen LogP contribution is -2.02. The molecular weight excluding hydrogens is 112 g/mol. The van der Waals surface area contributed by atoms with Gasteiger partial charge >= 0.3 is 0 Å². The van der Waals surface area contributed by atoms with Crippen LogP contribution >= 0.6 is 0 Å². The Morgan fingerprint density at radius 3 is 2.78 bits per heavy atom. The molecule has 1 N–H and O–H groups in total. The number of hydrogen-bond donors (Lipinski definition) is 1. The Morgan fingerprint density at radius 1 is 1.67 bits per heavy atom. The molecular formula is C7H8N2. The Kier molecular flexibility index (Phi) is 1.30. The van der Waals surface area contributed by atoms with Gasteiger partial charge in [0.2, 0.25) is 0 Å². The van der Waals surface area contributed by atoms with E-state index in [9.17, 15) is 0 Å². The summed E-state index contributed by atoms with van der Waals surface area (Å²) in [7, 11) is 0. The largest absolute Gasteiger partial charge is 0.282 e. The highest BCUT2D eigenvalue weighted by atomic mass is 14.8. The van der Waals surface area contributed by atoms with Gasteiger partial charge in [-0.1, -0.05) is 6.58 Å². The molecule has 1 aliphatic heterocycles. The molecule has 2 heteroatoms. The summed E-state index contributed by atoms with van der Waals surface area (Å²) in [5.74, 6) is 0.273. The van der Waals surface area contributed by atoms with E-state index in [1.807, 2.05) is 13.0 Å². The van der Waals surface area contributed by atoms with Crippen molar-refractivity contribution in [1.82, 2.24) is 0 Å². The highest BCUT2D eigenvalue weighted by Gasteiger charge is 2.04. The molecule has 0 bridgehead atoms. The third-order valence-corrected chi connectivity index (χ3v) is 1.29. The highest BCUT2D eigenvalue weighted by molar-refractivity contribution is 6.07. The van der Waals surface area contributed by atoms with Gasteiger partial charge in [0.05, 0.1) is 0 Å². The standard InChI is InChI=1S/C7H8N2/c1-5-3-4-9-7(8)6(5)2/h3-4,8H,2H2,1H3. The normalized spacial score (nSPS) is 18.1. The topological polar surface area (TPSA) is 36.2 Å². The summed E-state index contributed by atoms with van der Waals surface area (Å²) in [4.78, 5) is 3.74. The SMILES string of the molecule is C=C1C(=N)N=CC=C1C. The first-order valence-corrected chi connectivity index (χ1v) is 2.71. The zero-order chi connectivity index (χ0) is 6.85. The van der Waals surface area contributed by atoms with E-state index in [0.29, 0.717) is 0 Å². The van der Waals surface area contributed by atoms with Crippen molar-refractivity contribution in [3.05, 3.63) is 23.8 Å². The molecule has 0 saturated carbocycles. The predicted molar refractivity (Wildman–Crippen MR) is 39.1 cm³/mol. The van der Waals surface area contributed by atoms with E-state index in [4.69, 9.17) is 5.41 Å². The van der Waals surface area contributed by atoms with Gasteiger partial charge in [0.25, 0.3) is 0 Å². The van der Waals surface area contributed by atoms with Gasteiger partial charge in [-0.25, -0.2) is 4.99 Å². The number of amidine groups is 1. The van der Waals surface area contributed by atoms with E-state index < -0.39 is 0 Å². The van der Waals surface area contributed by atoms with E-state index in [0.717, 1.165) is 11.1 Å². The summed E-state index contributed by atoms with van der Waals surface area (Å²) < 4.78 is 0. The number of hydrogen-bond acceptors (Lipinski definition) is 1. The Hall–Kier alpha value is -1.18. The first-order valence-electron chi connectivity index (χ1n) is 2.71. The van der Waals surface area contributed by atoms with E-state index in [1.165, 1.54) is 0 Å². The maximum Gasteiger partial charge on any atom is 0.151 e. The van der Waals surface area contributed by atoms with E-state index in [-0.39, 0.29) is 5.84 Å². The average Bonchev–Trinajstić information content (AvgIpc) is 1.83. The van der Waals surface area contributed by atoms with Gasteiger partial charge in [0, 0.05) is 11.8 Å². The number of aliphatic imine (C=N–C) groups is 1. The van der Waals surface area contributed by atoms with Crippen LogP contribution in [0.4, 0.5) is 0 Å². The van der Waals surface area contributed by atoms with Crippen molar-refractivity contribution in [2.24, 2.45) is 4.99 Å². The van der Waals surface area contributed by atoms with Crippen molar-refractivity contribution in [2.45, 2.75) is 6.92 Å². The third-order valence-electron chi connectivity index (χ3n) is 1.29. The van der Waals surface area contributed by atoms with Crippen molar-refractivity contribution >= 4 is 12.1 Å². The third kappa shape index (κ3) is 0.964. The van der Waals surface area contributed by atoms with Crippen molar-refractivity contribution in [3.8, 4) is 0 Å². The number of nitrogens with zero attached hydrogens (tertiary/aromatic N) is 1. The van der Waals surface area contributed by atoms with Crippen LogP contribution in [0.25, 0.3) is 0 Å². The number of nitrogens with one attached hydrogen (secondary N) is 1. The molecule has 0 saturated heterocycles. The lowest BCUT2D eigenvalue weighted by Gasteiger charge is -2.05. The Labute approximate surface area is 54.1 Å². The smallest absolute Gasteiger partial charge is 0.151 e. The number of dihydropyridines is 1. The van der Waals surface area contributed by atoms with Crippen molar-refractivity contribution < 1.29 is 0 Å². The van der Waals surface area contributed by atoms with Gasteiger partial charge < -0.3 is 0 Å². The molecule has 0 aromatic rings. The summed E-state index contributed by atoms with van der Waals surface area (Å²) in [5.41, 5.74) is 1.74. The van der Waals surface area contributed by atoms with Gasteiger partial charge in [0.15, 0.2) is 5.84 Å². The van der Waals surface area contributed by atoms with E-state index in [1.54, 1.807) is 6.21 Å². The van der Waals surface area contributed by atoms with E-state index in [2.05, 4.69) is 11.6 Å². The van der Waals surface area contributed by atoms with Gasteiger partial charge in [-0.05, 0) is 18.6 Å². The van der Waals surface area contributed by atoms with Gasteiger partial charge in [-0.3, -0.25) is 5.41 Å². The fourth-order valence-electron chi connectivity index (χ4n) is 0.589. The molecule has 0 amide bonds. The molecule has 1 rings (SSSR count). The van der Waals surface area contributed by atoms with Crippen LogP contribution in [0.5, 0.6) is 0 Å². The quantitative estimate of drug-likeness (QED) is 0.503. The molecule has 9 heavy (non-hydrogen) atoms. The van der Waals surface area contributed by atoms with Crippen LogP contribution < -0.4 is 0 Å². The molecule has 46 valence electrons. The van der Waals surface area contributed by atoms with Crippen LogP contribution in [0.3, 0.4) is 0 Å². The number of rotatable bonds is 0. The summed E-state index contributed by atoms with van der Waals surface area (Å²) >= 11 is 0. The second kappa shape index (κ2) is 1.97. The van der Waals surface area contributed by atoms with Crippen LogP contribution in [0.15, 0.2) is 28.8 Å². The monoisotopic (exact) mass is 120 g/mol. The lowest BCUT2D eigenvalue weighted by molar-refractivity contribution is 1.36. The lowest BCUT2D eigenvalue weighted by atomic mass is 10.1. The molecule has 0 aromatic heterocycles. The fraction of sp³-hybridized carbons (Fsp3) is 0.143. The highest BCUT2D eigenvalue weighted by Crippen LogP contribution is 2.10. The first-order chi connectivity index (χ1) is 4.22. The van der Waals surface area contributed by atoms with Crippen molar-refractivity contribution in [3.63, 3.8) is 0 Å². The second-order valence-electron chi connectivity index (χ2n) is 1.96. The molecule has 0 fully saturated rings. The molecule has 1 heterocycles. The Morgan fingerprint density at radius 2 is 2.33 bits per heavy atom. The maximum absolute atomic E-state index is 7.19. The maximum atomic E-state index is 7.19. The van der Waals surface area contributed by atoms with Gasteiger partial charge in [-0.15, -0.1) is 0 Å². The van der Waals surface area contributed by atoms with Crippen molar-refractivity contribution in [1.29, 1.82) is 5.41 Å². The number of allylic oxidation sites excluding steroid dienone is 1. The summed E-state index contributed by atoms with van der Waals surface area (Å²) in [6.45, 7) is 5.59. The molecule has 0 aliphatic carbocycles. The van der Waals surface area contributed by atoms with Crippen LogP contribution in [0.1, 0.15) is 6.92 Å². The summed E-state index contributed by atoms with van der Waals surface area (Å²) in [5, 5.41) is 7.19. The molecule has 0 atom stereocenters. The summed E-state index contributed by atoms with van der Waals surface area (Å²) in [6, 6.07) is 0. The van der Waals surface area contributed by atoms with E-state index >= 15 is 0 Å². The predicted octanol–water partition coefficient (Wildman–Crippen LogP) is 1.55. The summed E-state index contributed by atoms with van der Waals surface area (Å²) in [6.07, 6.45) is 3.46. The molecule has 1 aliphatic rings. The zero-order valence-electron chi connectivity index (χ0n) is 5.31. The van der Waals surface area contributed by atoms with Crippen LogP contribution in [0.2, 0.25) is 0 Å². The van der Waals surface area contributed by atoms with Crippen molar-refractivity contribution in [2.75, 3.05) is 0 Å². The average molecular weight is 120 g/mol. The van der Waals surface area contributed by atoms with Gasteiger partial charge in [-0.2, -0.15) is 0 Å². The zero-order valence-corrected chi connectivity index (χ0v) is 5.31. The molecule has 2 nitrogen and oxygen atoms in total. The Balaban J connectivity index is 3.00. The van der Waals surface area contributed by atoms with Crippen LogP contribution in [-0.4, -0.2) is 12.1 Å². The van der Waals surface area contributed by atoms with Gasteiger partial charge in [0.1, 0.15) is 0 Å². The first kappa shape index (κ1) is 5.95. The van der Waals surface area contributed by atoms with Crippen LogP contribution in [0, 0.1) is 5.41 Å². The minimum Gasteiger partial charge on any atom is -0.282 e. The second-order valence-corrected chi connectivity index (χ2v) is 1.96. The fourth-order valence-corrected chi connectivity index (χ4v) is 0.589. The Bertz CT molecular complexity index is 221. The molecule has 0 aromatic carbocycles. The molecule has 0 unspecified atom stereocenters.